The van der Waals surface area contributed by atoms with Crippen LogP contribution >= 0.6 is 0 Å². The van der Waals surface area contributed by atoms with Gasteiger partial charge in [-0.2, -0.15) is 0 Å². The first-order chi connectivity index (χ1) is 12.0. The van der Waals surface area contributed by atoms with Gasteiger partial charge in [-0.15, -0.1) is 0 Å². The zero-order valence-corrected chi connectivity index (χ0v) is 13.3. The lowest BCUT2D eigenvalue weighted by molar-refractivity contribution is 0.0987. The molecule has 2 amide bonds. The Labute approximate surface area is 142 Å². The van der Waals surface area contributed by atoms with Crippen LogP contribution in [0.4, 0.5) is 10.1 Å². The van der Waals surface area contributed by atoms with E-state index < -0.39 is 17.6 Å². The van der Waals surface area contributed by atoms with Gasteiger partial charge in [-0.3, -0.25) is 9.59 Å². The third kappa shape index (κ3) is 3.12. The van der Waals surface area contributed by atoms with Crippen molar-refractivity contribution < 1.29 is 18.4 Å². The molecule has 0 radical (unpaired) electrons. The maximum atomic E-state index is 14.2. The highest BCUT2D eigenvalue weighted by molar-refractivity contribution is 6.09. The van der Waals surface area contributed by atoms with Gasteiger partial charge in [0.15, 0.2) is 5.69 Å². The topological polar surface area (TPSA) is 89.4 Å². The largest absolute Gasteiger partial charge is 0.444 e. The molecular weight excluding hydrogens is 325 g/mol. The van der Waals surface area contributed by atoms with Gasteiger partial charge in [0.1, 0.15) is 12.1 Å². The molecule has 126 valence electrons. The predicted molar refractivity (Wildman–Crippen MR) is 89.6 cm³/mol. The van der Waals surface area contributed by atoms with Gasteiger partial charge in [-0.05, 0) is 24.3 Å². The van der Waals surface area contributed by atoms with Crippen molar-refractivity contribution in [1.82, 2.24) is 4.98 Å². The predicted octanol–water partition coefficient (Wildman–Crippen LogP) is 2.86. The minimum absolute atomic E-state index is 0.0139. The molecule has 1 aromatic heterocycles. The summed E-state index contributed by atoms with van der Waals surface area (Å²) in [6.07, 6.45) is 1.19. The van der Waals surface area contributed by atoms with E-state index in [2.05, 4.69) is 4.98 Å². The monoisotopic (exact) mass is 339 g/mol. The van der Waals surface area contributed by atoms with Crippen LogP contribution in [0.5, 0.6) is 0 Å². The Hall–Kier alpha value is -3.48. The van der Waals surface area contributed by atoms with Gasteiger partial charge in [0.25, 0.3) is 11.8 Å². The Balaban J connectivity index is 1.95. The summed E-state index contributed by atoms with van der Waals surface area (Å²) in [7, 11) is 1.34. The Bertz CT molecular complexity index is 938. The van der Waals surface area contributed by atoms with Crippen molar-refractivity contribution in [2.24, 2.45) is 5.73 Å². The van der Waals surface area contributed by atoms with Crippen molar-refractivity contribution in [3.05, 3.63) is 71.9 Å². The van der Waals surface area contributed by atoms with Crippen LogP contribution in [0.1, 0.15) is 20.8 Å². The van der Waals surface area contributed by atoms with Crippen LogP contribution in [0.3, 0.4) is 0 Å². The number of nitrogens with zero attached hydrogens (tertiary/aromatic N) is 2. The highest BCUT2D eigenvalue weighted by Gasteiger charge is 2.24. The smallest absolute Gasteiger partial charge is 0.280 e. The molecule has 0 aliphatic rings. The molecule has 7 heteroatoms. The molecule has 0 aliphatic carbocycles. The standard InChI is InChI=1S/C18H14FN3O3/c1-22(15-12(16(20)23)8-5-9-13(15)19)18(24)14-10-25-17(21-14)11-6-3-2-4-7-11/h2-10H,1H3,(H2,20,23). The second kappa shape index (κ2) is 6.56. The number of hydrogen-bond acceptors (Lipinski definition) is 4. The van der Waals surface area contributed by atoms with Crippen LogP contribution in [0, 0.1) is 5.82 Å². The van der Waals surface area contributed by atoms with E-state index >= 15 is 0 Å². The van der Waals surface area contributed by atoms with E-state index in [1.54, 1.807) is 12.1 Å². The van der Waals surface area contributed by atoms with E-state index in [4.69, 9.17) is 10.2 Å². The minimum Gasteiger partial charge on any atom is -0.444 e. The Morgan fingerprint density at radius 1 is 1.12 bits per heavy atom. The number of hydrogen-bond donors (Lipinski definition) is 1. The van der Waals surface area contributed by atoms with Gasteiger partial charge in [0.05, 0.1) is 11.3 Å². The van der Waals surface area contributed by atoms with Gasteiger partial charge >= 0.3 is 0 Å². The van der Waals surface area contributed by atoms with Gasteiger partial charge < -0.3 is 15.1 Å². The van der Waals surface area contributed by atoms with Crippen molar-refractivity contribution in [3.8, 4) is 11.5 Å². The molecule has 0 bridgehead atoms. The SMILES string of the molecule is CN(C(=O)c1coc(-c2ccccc2)n1)c1c(F)cccc1C(N)=O. The fourth-order valence-electron chi connectivity index (χ4n) is 2.41. The number of primary amides is 1. The van der Waals surface area contributed by atoms with Crippen molar-refractivity contribution >= 4 is 17.5 Å². The van der Waals surface area contributed by atoms with Crippen LogP contribution in [0.15, 0.2) is 59.2 Å². The maximum Gasteiger partial charge on any atom is 0.280 e. The number of amides is 2. The number of para-hydroxylation sites is 1. The van der Waals surface area contributed by atoms with Gasteiger partial charge in [0.2, 0.25) is 5.89 Å². The normalized spacial score (nSPS) is 10.5. The number of carbonyl (C=O) groups is 2. The van der Waals surface area contributed by atoms with E-state index in [-0.39, 0.29) is 22.8 Å². The van der Waals surface area contributed by atoms with Gasteiger partial charge in [-0.1, -0.05) is 24.3 Å². The average molecular weight is 339 g/mol. The molecule has 0 unspecified atom stereocenters. The summed E-state index contributed by atoms with van der Waals surface area (Å²) < 4.78 is 19.5. The number of nitrogens with two attached hydrogens (primary N) is 1. The van der Waals surface area contributed by atoms with Crippen LogP contribution in [-0.4, -0.2) is 23.8 Å². The highest BCUT2D eigenvalue weighted by Crippen LogP contribution is 2.25. The number of benzene rings is 2. The molecule has 6 nitrogen and oxygen atoms in total. The first-order valence-corrected chi connectivity index (χ1v) is 7.36. The Morgan fingerprint density at radius 2 is 1.84 bits per heavy atom. The number of rotatable bonds is 4. The fourth-order valence-corrected chi connectivity index (χ4v) is 2.41. The van der Waals surface area contributed by atoms with Crippen LogP contribution in [-0.2, 0) is 0 Å². The summed E-state index contributed by atoms with van der Waals surface area (Å²) in [4.78, 5) is 29.2. The maximum absolute atomic E-state index is 14.2. The van der Waals surface area contributed by atoms with Crippen molar-refractivity contribution in [3.63, 3.8) is 0 Å². The first-order valence-electron chi connectivity index (χ1n) is 7.36. The summed E-state index contributed by atoms with van der Waals surface area (Å²) in [5.41, 5.74) is 5.65. The van der Waals surface area contributed by atoms with E-state index in [0.29, 0.717) is 5.56 Å². The van der Waals surface area contributed by atoms with Crippen molar-refractivity contribution in [1.29, 1.82) is 0 Å². The summed E-state index contributed by atoms with van der Waals surface area (Å²) in [6.45, 7) is 0. The number of anilines is 1. The number of oxazole rings is 1. The molecule has 0 saturated heterocycles. The number of halogens is 1. The summed E-state index contributed by atoms with van der Waals surface area (Å²) >= 11 is 0. The van der Waals surface area contributed by atoms with Crippen LogP contribution in [0.25, 0.3) is 11.5 Å². The zero-order valence-electron chi connectivity index (χ0n) is 13.3. The van der Waals surface area contributed by atoms with Gasteiger partial charge in [-0.25, -0.2) is 9.37 Å². The van der Waals surface area contributed by atoms with E-state index in [1.165, 1.54) is 25.4 Å². The molecule has 0 aliphatic heterocycles. The first kappa shape index (κ1) is 16.4. The third-order valence-corrected chi connectivity index (χ3v) is 3.64. The molecule has 3 aromatic rings. The Kier molecular flexibility index (Phi) is 4.30. The van der Waals surface area contributed by atoms with Crippen molar-refractivity contribution in [2.45, 2.75) is 0 Å². The minimum atomic E-state index is -0.834. The number of aromatic nitrogens is 1. The zero-order chi connectivity index (χ0) is 18.0. The lowest BCUT2D eigenvalue weighted by atomic mass is 10.1. The lowest BCUT2D eigenvalue weighted by Crippen LogP contribution is -2.30. The summed E-state index contributed by atoms with van der Waals surface area (Å²) in [6, 6.07) is 12.9. The third-order valence-electron chi connectivity index (χ3n) is 3.64. The van der Waals surface area contributed by atoms with Crippen LogP contribution in [0.2, 0.25) is 0 Å². The fraction of sp³-hybridized carbons (Fsp3) is 0.0556. The molecule has 3 rings (SSSR count). The van der Waals surface area contributed by atoms with E-state index in [9.17, 15) is 14.0 Å². The Morgan fingerprint density at radius 3 is 2.52 bits per heavy atom. The second-order valence-corrected chi connectivity index (χ2v) is 5.27. The second-order valence-electron chi connectivity index (χ2n) is 5.27. The molecular formula is C18H14FN3O3. The molecule has 0 spiro atoms. The molecule has 0 atom stereocenters. The molecule has 25 heavy (non-hydrogen) atoms. The summed E-state index contributed by atoms with van der Waals surface area (Å²) in [5, 5.41) is 0. The van der Waals surface area contributed by atoms with E-state index in [0.717, 1.165) is 11.0 Å². The summed E-state index contributed by atoms with van der Waals surface area (Å²) in [5.74, 6) is -1.93. The molecule has 0 fully saturated rings. The van der Waals surface area contributed by atoms with Crippen molar-refractivity contribution in [2.75, 3.05) is 11.9 Å². The lowest BCUT2D eigenvalue weighted by Gasteiger charge is -2.19. The average Bonchev–Trinajstić information content (AvgIpc) is 3.11. The molecule has 0 saturated carbocycles. The van der Waals surface area contributed by atoms with Crippen LogP contribution < -0.4 is 10.6 Å². The molecule has 2 aromatic carbocycles. The van der Waals surface area contributed by atoms with Gasteiger partial charge in [0, 0.05) is 12.6 Å². The molecule has 2 N–H and O–H groups in total. The highest BCUT2D eigenvalue weighted by atomic mass is 19.1. The van der Waals surface area contributed by atoms with E-state index in [1.807, 2.05) is 18.2 Å². The number of carbonyl (C=O) groups excluding carboxylic acids is 2. The quantitative estimate of drug-likeness (QED) is 0.791. The molecule has 1 heterocycles.